The van der Waals surface area contributed by atoms with Gasteiger partial charge in [-0.05, 0) is 37.3 Å². The Hall–Kier alpha value is -0.870. The molecule has 19 heavy (non-hydrogen) atoms. The molecule has 2 atom stereocenters. The third-order valence-corrected chi connectivity index (χ3v) is 4.69. The second kappa shape index (κ2) is 6.53. The number of ether oxygens (including phenoxy) is 1. The molecule has 0 saturated heterocycles. The van der Waals surface area contributed by atoms with Crippen LogP contribution >= 0.6 is 0 Å². The topological polar surface area (TPSA) is 38.3 Å². The van der Waals surface area contributed by atoms with Crippen LogP contribution in [0.4, 0.5) is 0 Å². The lowest BCUT2D eigenvalue weighted by atomic mass is 9.75. The van der Waals surface area contributed by atoms with Gasteiger partial charge in [0.05, 0.1) is 7.11 Å². The van der Waals surface area contributed by atoms with Crippen molar-refractivity contribution in [2.45, 2.75) is 37.8 Å². The van der Waals surface area contributed by atoms with Crippen LogP contribution in [0.1, 0.15) is 31.2 Å². The zero-order chi connectivity index (χ0) is 13.8. The van der Waals surface area contributed by atoms with Gasteiger partial charge in [0, 0.05) is 34.9 Å². The predicted octanol–water partition coefficient (Wildman–Crippen LogP) is 2.30. The highest BCUT2D eigenvalue weighted by molar-refractivity contribution is 7.84. The maximum absolute atomic E-state index is 11.2. The van der Waals surface area contributed by atoms with Crippen molar-refractivity contribution in [2.24, 2.45) is 0 Å². The Morgan fingerprint density at radius 3 is 2.74 bits per heavy atom. The number of nitrogens with one attached hydrogen (secondary N) is 1. The highest BCUT2D eigenvalue weighted by Gasteiger charge is 2.32. The van der Waals surface area contributed by atoms with Crippen molar-refractivity contribution >= 4 is 10.8 Å². The van der Waals surface area contributed by atoms with Crippen LogP contribution in [0.5, 0.6) is 5.75 Å². The lowest BCUT2D eigenvalue weighted by molar-refractivity contribution is 0.269. The minimum atomic E-state index is -0.722. The average Bonchev–Trinajstić information content (AvgIpc) is 2.32. The summed E-state index contributed by atoms with van der Waals surface area (Å²) in [4.78, 5) is 0. The summed E-state index contributed by atoms with van der Waals surface area (Å²) in [5, 5.41) is 3.55. The smallest absolute Gasteiger partial charge is 0.122 e. The van der Waals surface area contributed by atoms with Crippen LogP contribution in [0.3, 0.4) is 0 Å². The Labute approximate surface area is 118 Å². The fourth-order valence-corrected chi connectivity index (χ4v) is 3.61. The molecule has 1 aliphatic carbocycles. The summed E-state index contributed by atoms with van der Waals surface area (Å²) in [5.74, 6) is 2.32. The van der Waals surface area contributed by atoms with E-state index in [4.69, 9.17) is 4.74 Å². The van der Waals surface area contributed by atoms with Crippen molar-refractivity contribution in [3.8, 4) is 5.75 Å². The van der Waals surface area contributed by atoms with Gasteiger partial charge in [-0.25, -0.2) is 0 Å². The molecule has 0 heterocycles. The van der Waals surface area contributed by atoms with Gasteiger partial charge < -0.3 is 10.1 Å². The van der Waals surface area contributed by atoms with Crippen LogP contribution in [0, 0.1) is 0 Å². The number of benzene rings is 1. The Morgan fingerprint density at radius 1 is 1.42 bits per heavy atom. The van der Waals surface area contributed by atoms with E-state index < -0.39 is 10.8 Å². The van der Waals surface area contributed by atoms with Gasteiger partial charge in [-0.15, -0.1) is 0 Å². The summed E-state index contributed by atoms with van der Waals surface area (Å²) >= 11 is 0. The summed E-state index contributed by atoms with van der Waals surface area (Å²) in [6.07, 6.45) is 4.04. The molecular formula is C15H23NO2S. The number of para-hydroxylation sites is 1. The van der Waals surface area contributed by atoms with Crippen LogP contribution in [-0.2, 0) is 10.8 Å². The van der Waals surface area contributed by atoms with E-state index >= 15 is 0 Å². The van der Waals surface area contributed by atoms with Gasteiger partial charge in [-0.1, -0.05) is 18.2 Å². The first-order valence-corrected chi connectivity index (χ1v) is 8.52. The molecule has 0 spiro atoms. The molecule has 1 saturated carbocycles. The van der Waals surface area contributed by atoms with Crippen molar-refractivity contribution in [2.75, 3.05) is 19.1 Å². The maximum Gasteiger partial charge on any atom is 0.122 e. The largest absolute Gasteiger partial charge is 0.496 e. The summed E-state index contributed by atoms with van der Waals surface area (Å²) < 4.78 is 16.6. The molecule has 2 unspecified atom stereocenters. The fraction of sp³-hybridized carbons (Fsp3) is 0.600. The lowest BCUT2D eigenvalue weighted by Crippen LogP contribution is -2.46. The first kappa shape index (κ1) is 14.5. The molecule has 0 bridgehead atoms. The molecular weight excluding hydrogens is 258 g/mol. The first-order chi connectivity index (χ1) is 9.10. The standard InChI is InChI=1S/C15H23NO2S/c1-11(10-19(3)17)16-13-8-12(9-13)14-6-4-5-7-15(14)18-2/h4-7,11-13,16H,8-10H2,1-3H3. The van der Waals surface area contributed by atoms with Crippen molar-refractivity contribution in [3.63, 3.8) is 0 Å². The SMILES string of the molecule is COc1ccccc1C1CC(NC(C)CS(C)=O)C1. The van der Waals surface area contributed by atoms with Gasteiger partial charge >= 0.3 is 0 Å². The number of hydrogen-bond acceptors (Lipinski definition) is 3. The average molecular weight is 281 g/mol. The number of methoxy groups -OCH3 is 1. The molecule has 0 aliphatic heterocycles. The maximum atomic E-state index is 11.2. The molecule has 0 radical (unpaired) electrons. The lowest BCUT2D eigenvalue weighted by Gasteiger charge is -2.38. The summed E-state index contributed by atoms with van der Waals surface area (Å²) in [6.45, 7) is 2.11. The van der Waals surface area contributed by atoms with E-state index in [2.05, 4.69) is 24.4 Å². The number of rotatable bonds is 6. The van der Waals surface area contributed by atoms with Crippen molar-refractivity contribution < 1.29 is 8.95 Å². The molecule has 4 heteroatoms. The van der Waals surface area contributed by atoms with Crippen LogP contribution in [0.2, 0.25) is 0 Å². The van der Waals surface area contributed by atoms with Crippen molar-refractivity contribution in [1.82, 2.24) is 5.32 Å². The fourth-order valence-electron chi connectivity index (χ4n) is 2.81. The Balaban J connectivity index is 1.84. The van der Waals surface area contributed by atoms with Gasteiger partial charge in [0.25, 0.3) is 0 Å². The predicted molar refractivity (Wildman–Crippen MR) is 80.3 cm³/mol. The Bertz CT molecular complexity index is 444. The van der Waals surface area contributed by atoms with Gasteiger partial charge in [0.1, 0.15) is 5.75 Å². The molecule has 1 aliphatic rings. The molecule has 0 aromatic heterocycles. The van der Waals surface area contributed by atoms with Gasteiger partial charge in [-0.2, -0.15) is 0 Å². The van der Waals surface area contributed by atoms with Crippen LogP contribution in [0.25, 0.3) is 0 Å². The summed E-state index contributed by atoms with van der Waals surface area (Å²) in [6, 6.07) is 9.14. The summed E-state index contributed by atoms with van der Waals surface area (Å²) in [5.41, 5.74) is 1.31. The van der Waals surface area contributed by atoms with E-state index in [0.717, 1.165) is 24.3 Å². The van der Waals surface area contributed by atoms with E-state index in [9.17, 15) is 4.21 Å². The van der Waals surface area contributed by atoms with Gasteiger partial charge in [0.2, 0.25) is 0 Å². The Kier molecular flexibility index (Phi) is 4.99. The van der Waals surface area contributed by atoms with E-state index in [1.165, 1.54) is 5.56 Å². The van der Waals surface area contributed by atoms with Gasteiger partial charge in [-0.3, -0.25) is 4.21 Å². The first-order valence-electron chi connectivity index (χ1n) is 6.79. The monoisotopic (exact) mass is 281 g/mol. The molecule has 2 rings (SSSR count). The Morgan fingerprint density at radius 2 is 2.11 bits per heavy atom. The second-order valence-electron chi connectivity index (χ2n) is 5.41. The van der Waals surface area contributed by atoms with E-state index in [1.807, 2.05) is 12.1 Å². The highest BCUT2D eigenvalue weighted by atomic mass is 32.2. The zero-order valence-corrected chi connectivity index (χ0v) is 12.7. The van der Waals surface area contributed by atoms with Crippen molar-refractivity contribution in [1.29, 1.82) is 0 Å². The highest BCUT2D eigenvalue weighted by Crippen LogP contribution is 2.41. The summed E-state index contributed by atoms with van der Waals surface area (Å²) in [7, 11) is 1.01. The van der Waals surface area contributed by atoms with E-state index in [1.54, 1.807) is 13.4 Å². The van der Waals surface area contributed by atoms with Crippen molar-refractivity contribution in [3.05, 3.63) is 29.8 Å². The normalized spacial score (nSPS) is 25.4. The molecule has 3 nitrogen and oxygen atoms in total. The minimum Gasteiger partial charge on any atom is -0.496 e. The second-order valence-corrected chi connectivity index (χ2v) is 6.89. The minimum absolute atomic E-state index is 0.328. The molecule has 106 valence electrons. The third kappa shape index (κ3) is 3.80. The van der Waals surface area contributed by atoms with Crippen LogP contribution in [0.15, 0.2) is 24.3 Å². The molecule has 1 N–H and O–H groups in total. The zero-order valence-electron chi connectivity index (χ0n) is 11.9. The molecule has 1 aromatic rings. The van der Waals surface area contributed by atoms with Crippen LogP contribution < -0.4 is 10.1 Å². The molecule has 0 amide bonds. The quantitative estimate of drug-likeness (QED) is 0.869. The van der Waals surface area contributed by atoms with E-state index in [-0.39, 0.29) is 0 Å². The van der Waals surface area contributed by atoms with Gasteiger partial charge in [0.15, 0.2) is 0 Å². The van der Waals surface area contributed by atoms with Crippen LogP contribution in [-0.4, -0.2) is 35.4 Å². The molecule has 1 fully saturated rings. The third-order valence-electron chi connectivity index (χ3n) is 3.72. The molecule has 1 aromatic carbocycles. The number of hydrogen-bond donors (Lipinski definition) is 1. The van der Waals surface area contributed by atoms with E-state index in [0.29, 0.717) is 18.0 Å².